The summed E-state index contributed by atoms with van der Waals surface area (Å²) in [6.45, 7) is 3.34. The molecule has 2 aromatic rings. The van der Waals surface area contributed by atoms with Crippen molar-refractivity contribution < 1.29 is 19.4 Å². The number of methoxy groups -OCH3 is 1. The molecule has 0 aromatic carbocycles. The standard InChI is InChI=1S/C14H18N4O5S2/c1-5-9-10(17-13(15)16-5)18(14(21)25-9)11-7(4-8(20)22-3)24-12(23-11)6(2)19/h6-7,11-12,19H,4H2,1-3H3,(H2,15,16,17)/t6-,7-,11+,12?/m0/s1. The Morgan fingerprint density at radius 2 is 2.24 bits per heavy atom. The van der Waals surface area contributed by atoms with Crippen LogP contribution in [0.1, 0.15) is 25.3 Å². The number of ether oxygens (including phenoxy) is 2. The molecule has 25 heavy (non-hydrogen) atoms. The molecule has 136 valence electrons. The number of hydrogen-bond acceptors (Lipinski definition) is 10. The van der Waals surface area contributed by atoms with Crippen LogP contribution in [0.2, 0.25) is 0 Å². The van der Waals surface area contributed by atoms with Gasteiger partial charge in [-0.05, 0) is 13.8 Å². The van der Waals surface area contributed by atoms with E-state index in [2.05, 4.69) is 9.97 Å². The number of fused-ring (bicyclic) bond motifs is 1. The molecule has 3 heterocycles. The van der Waals surface area contributed by atoms with Crippen molar-refractivity contribution in [2.75, 3.05) is 12.8 Å². The molecular weight excluding hydrogens is 368 g/mol. The highest BCUT2D eigenvalue weighted by Gasteiger charge is 2.42. The van der Waals surface area contributed by atoms with Crippen molar-refractivity contribution in [3.05, 3.63) is 15.4 Å². The molecule has 0 amide bonds. The first-order valence-corrected chi connectivity index (χ1v) is 9.28. The monoisotopic (exact) mass is 386 g/mol. The molecular formula is C14H18N4O5S2. The number of aromatic nitrogens is 3. The van der Waals surface area contributed by atoms with Gasteiger partial charge < -0.3 is 20.3 Å². The second-order valence-electron chi connectivity index (χ2n) is 5.65. The third-order valence-corrected chi connectivity index (χ3v) is 6.37. The van der Waals surface area contributed by atoms with Crippen molar-refractivity contribution in [2.45, 2.75) is 43.3 Å². The molecule has 0 saturated carbocycles. The maximum atomic E-state index is 12.6. The minimum atomic E-state index is -0.766. The highest BCUT2D eigenvalue weighted by molar-refractivity contribution is 8.00. The fraction of sp³-hybridized carbons (Fsp3) is 0.571. The highest BCUT2D eigenvalue weighted by Crippen LogP contribution is 2.43. The van der Waals surface area contributed by atoms with E-state index in [1.54, 1.807) is 13.8 Å². The summed E-state index contributed by atoms with van der Waals surface area (Å²) in [6.07, 6.45) is -1.49. The van der Waals surface area contributed by atoms with Crippen LogP contribution in [0, 0.1) is 6.92 Å². The number of hydrogen-bond donors (Lipinski definition) is 2. The van der Waals surface area contributed by atoms with E-state index >= 15 is 0 Å². The maximum absolute atomic E-state index is 12.6. The van der Waals surface area contributed by atoms with Crippen LogP contribution in [-0.2, 0) is 14.3 Å². The lowest BCUT2D eigenvalue weighted by Crippen LogP contribution is -2.29. The predicted octanol–water partition coefficient (Wildman–Crippen LogP) is 0.644. The summed E-state index contributed by atoms with van der Waals surface area (Å²) in [5.41, 5.74) is 6.12. The minimum Gasteiger partial charge on any atom is -0.469 e. The van der Waals surface area contributed by atoms with Gasteiger partial charge in [0.2, 0.25) is 5.95 Å². The molecule has 0 bridgehead atoms. The van der Waals surface area contributed by atoms with E-state index in [0.717, 1.165) is 11.3 Å². The molecule has 2 aromatic heterocycles. The molecule has 1 saturated heterocycles. The van der Waals surface area contributed by atoms with E-state index in [4.69, 9.17) is 15.2 Å². The molecule has 11 heteroatoms. The van der Waals surface area contributed by atoms with Gasteiger partial charge in [0.1, 0.15) is 5.44 Å². The Hall–Kier alpha value is -1.69. The molecule has 0 spiro atoms. The normalized spacial score (nSPS) is 24.6. The van der Waals surface area contributed by atoms with E-state index in [-0.39, 0.29) is 17.2 Å². The SMILES string of the molecule is COC(=O)C[C@@H]1SC([C@H](C)O)O[C@H]1n1c(=O)sc2c(C)nc(N)nc21. The summed E-state index contributed by atoms with van der Waals surface area (Å²) < 4.78 is 12.6. The lowest BCUT2D eigenvalue weighted by Gasteiger charge is -2.18. The number of aliphatic hydroxyl groups excluding tert-OH is 1. The highest BCUT2D eigenvalue weighted by atomic mass is 32.2. The van der Waals surface area contributed by atoms with Gasteiger partial charge in [-0.1, -0.05) is 11.3 Å². The lowest BCUT2D eigenvalue weighted by atomic mass is 10.2. The van der Waals surface area contributed by atoms with Gasteiger partial charge in [0.05, 0.1) is 35.3 Å². The van der Waals surface area contributed by atoms with Crippen molar-refractivity contribution in [1.82, 2.24) is 14.5 Å². The summed E-state index contributed by atoms with van der Waals surface area (Å²) >= 11 is 2.29. The van der Waals surface area contributed by atoms with E-state index in [1.807, 2.05) is 0 Å². The number of carbonyl (C=O) groups is 1. The first kappa shape index (κ1) is 18.1. The largest absolute Gasteiger partial charge is 0.469 e. The van der Waals surface area contributed by atoms with Gasteiger partial charge >= 0.3 is 10.8 Å². The zero-order chi connectivity index (χ0) is 18.3. The van der Waals surface area contributed by atoms with Gasteiger partial charge in [-0.15, -0.1) is 11.8 Å². The molecule has 3 N–H and O–H groups in total. The number of thiazole rings is 1. The Balaban J connectivity index is 2.08. The summed E-state index contributed by atoms with van der Waals surface area (Å²) in [5, 5.41) is 9.45. The molecule has 3 rings (SSSR count). The second kappa shape index (κ2) is 6.90. The first-order valence-electron chi connectivity index (χ1n) is 7.52. The molecule has 4 atom stereocenters. The van der Waals surface area contributed by atoms with Gasteiger partial charge in [0, 0.05) is 0 Å². The van der Waals surface area contributed by atoms with Gasteiger partial charge in [-0.2, -0.15) is 4.98 Å². The topological polar surface area (TPSA) is 130 Å². The van der Waals surface area contributed by atoms with Crippen LogP contribution in [-0.4, -0.2) is 49.5 Å². The van der Waals surface area contributed by atoms with Gasteiger partial charge in [-0.25, -0.2) is 4.98 Å². The molecule has 0 aliphatic carbocycles. The quantitative estimate of drug-likeness (QED) is 0.727. The summed E-state index contributed by atoms with van der Waals surface area (Å²) in [7, 11) is 1.30. The fourth-order valence-electron chi connectivity index (χ4n) is 2.65. The Kier molecular flexibility index (Phi) is 5.00. The zero-order valence-electron chi connectivity index (χ0n) is 13.8. The third kappa shape index (κ3) is 3.36. The van der Waals surface area contributed by atoms with Crippen molar-refractivity contribution in [3.8, 4) is 0 Å². The van der Waals surface area contributed by atoms with Crippen LogP contribution in [0.3, 0.4) is 0 Å². The number of thioether (sulfide) groups is 1. The molecule has 1 fully saturated rings. The summed E-state index contributed by atoms with van der Waals surface area (Å²) in [5.74, 6) is -0.367. The van der Waals surface area contributed by atoms with Crippen molar-refractivity contribution in [2.24, 2.45) is 0 Å². The Labute approximate surface area is 151 Å². The lowest BCUT2D eigenvalue weighted by molar-refractivity contribution is -0.141. The minimum absolute atomic E-state index is 0.0401. The number of aliphatic hydroxyl groups is 1. The van der Waals surface area contributed by atoms with Crippen molar-refractivity contribution in [3.63, 3.8) is 0 Å². The number of esters is 1. The Bertz CT molecular complexity index is 865. The smallest absolute Gasteiger partial charge is 0.311 e. The number of nitrogen functional groups attached to an aromatic ring is 1. The predicted molar refractivity (Wildman–Crippen MR) is 94.4 cm³/mol. The van der Waals surface area contributed by atoms with Crippen LogP contribution < -0.4 is 10.6 Å². The molecule has 1 aliphatic heterocycles. The van der Waals surface area contributed by atoms with Crippen molar-refractivity contribution >= 4 is 45.4 Å². The van der Waals surface area contributed by atoms with E-state index in [1.165, 1.54) is 23.4 Å². The number of rotatable bonds is 4. The van der Waals surface area contributed by atoms with Gasteiger partial charge in [-0.3, -0.25) is 14.2 Å². The number of anilines is 1. The van der Waals surface area contributed by atoms with Crippen LogP contribution in [0.5, 0.6) is 0 Å². The van der Waals surface area contributed by atoms with E-state index in [0.29, 0.717) is 16.0 Å². The molecule has 9 nitrogen and oxygen atoms in total. The number of nitrogens with two attached hydrogens (primary N) is 1. The summed E-state index contributed by atoms with van der Waals surface area (Å²) in [6, 6.07) is 0. The molecule has 0 radical (unpaired) electrons. The van der Waals surface area contributed by atoms with Crippen molar-refractivity contribution in [1.29, 1.82) is 0 Å². The third-order valence-electron chi connectivity index (χ3n) is 3.79. The van der Waals surface area contributed by atoms with Gasteiger partial charge in [0.25, 0.3) is 0 Å². The fourth-order valence-corrected chi connectivity index (χ4v) is 4.84. The van der Waals surface area contributed by atoms with Crippen LogP contribution in [0.25, 0.3) is 10.3 Å². The van der Waals surface area contributed by atoms with Crippen LogP contribution in [0.4, 0.5) is 5.95 Å². The molecule has 1 aliphatic rings. The zero-order valence-corrected chi connectivity index (χ0v) is 15.5. The Morgan fingerprint density at radius 1 is 1.52 bits per heavy atom. The second-order valence-corrected chi connectivity index (χ2v) is 7.95. The Morgan fingerprint density at radius 3 is 2.88 bits per heavy atom. The average Bonchev–Trinajstić information content (AvgIpc) is 3.08. The summed E-state index contributed by atoms with van der Waals surface area (Å²) in [4.78, 5) is 32.3. The first-order chi connectivity index (χ1) is 11.8. The average molecular weight is 386 g/mol. The number of aryl methyl sites for hydroxylation is 1. The number of nitrogens with zero attached hydrogens (tertiary/aromatic N) is 3. The maximum Gasteiger partial charge on any atom is 0.311 e. The van der Waals surface area contributed by atoms with Gasteiger partial charge in [0.15, 0.2) is 11.9 Å². The van der Waals surface area contributed by atoms with E-state index in [9.17, 15) is 14.7 Å². The molecule has 1 unspecified atom stereocenters. The van der Waals surface area contributed by atoms with Crippen LogP contribution >= 0.6 is 23.1 Å². The van der Waals surface area contributed by atoms with E-state index < -0.39 is 29.0 Å². The van der Waals surface area contributed by atoms with Crippen LogP contribution in [0.15, 0.2) is 4.79 Å². The number of carbonyl (C=O) groups excluding carboxylic acids is 1.